The molecule has 0 radical (unpaired) electrons. The Morgan fingerprint density at radius 3 is 2.65 bits per heavy atom. The minimum Gasteiger partial charge on any atom is -0.366 e. The van der Waals surface area contributed by atoms with Crippen LogP contribution in [0.15, 0.2) is 24.3 Å². The number of carbonyl (C=O) groups excluding carboxylic acids is 2. The van der Waals surface area contributed by atoms with Gasteiger partial charge in [-0.25, -0.2) is 0 Å². The summed E-state index contributed by atoms with van der Waals surface area (Å²) in [5, 5.41) is 2.81. The van der Waals surface area contributed by atoms with Gasteiger partial charge in [0.25, 0.3) is 0 Å². The largest absolute Gasteiger partial charge is 0.366 e. The van der Waals surface area contributed by atoms with Crippen molar-refractivity contribution >= 4 is 11.8 Å². The molecule has 0 fully saturated rings. The average Bonchev–Trinajstić information content (AvgIpc) is 2.45. The Bertz CT molecular complexity index is 474. The molecule has 5 nitrogen and oxygen atoms in total. The van der Waals surface area contributed by atoms with E-state index in [1.165, 1.54) is 0 Å². The summed E-state index contributed by atoms with van der Waals surface area (Å²) < 4.78 is 0. The van der Waals surface area contributed by atoms with E-state index < -0.39 is 11.9 Å². The SMILES string of the molecule is CCC(C)C(N)C(=O)NCCc1cccc(C(N)=O)c1. The van der Waals surface area contributed by atoms with Crippen LogP contribution in [-0.4, -0.2) is 24.4 Å². The van der Waals surface area contributed by atoms with Crippen molar-refractivity contribution in [3.8, 4) is 0 Å². The lowest BCUT2D eigenvalue weighted by molar-refractivity contribution is -0.123. The fourth-order valence-electron chi connectivity index (χ4n) is 1.84. The Hall–Kier alpha value is -1.88. The van der Waals surface area contributed by atoms with Gasteiger partial charge in [0, 0.05) is 12.1 Å². The van der Waals surface area contributed by atoms with Crippen LogP contribution >= 0.6 is 0 Å². The number of amides is 2. The molecule has 0 aromatic heterocycles. The number of hydrogen-bond acceptors (Lipinski definition) is 3. The molecule has 5 N–H and O–H groups in total. The van der Waals surface area contributed by atoms with Crippen molar-refractivity contribution in [1.29, 1.82) is 0 Å². The highest BCUT2D eigenvalue weighted by Crippen LogP contribution is 2.06. The van der Waals surface area contributed by atoms with Crippen molar-refractivity contribution in [2.24, 2.45) is 17.4 Å². The van der Waals surface area contributed by atoms with Gasteiger partial charge in [-0.15, -0.1) is 0 Å². The highest BCUT2D eigenvalue weighted by Gasteiger charge is 2.18. The number of carbonyl (C=O) groups is 2. The summed E-state index contributed by atoms with van der Waals surface area (Å²) in [6, 6.07) is 6.61. The summed E-state index contributed by atoms with van der Waals surface area (Å²) in [5.41, 5.74) is 12.5. The number of nitrogens with two attached hydrogens (primary N) is 2. The van der Waals surface area contributed by atoms with Crippen LogP contribution in [0, 0.1) is 5.92 Å². The molecule has 20 heavy (non-hydrogen) atoms. The summed E-state index contributed by atoms with van der Waals surface area (Å²) in [6.07, 6.45) is 1.51. The standard InChI is InChI=1S/C15H23N3O2/c1-3-10(2)13(16)15(20)18-8-7-11-5-4-6-12(9-11)14(17)19/h4-6,9-10,13H,3,7-8,16H2,1-2H3,(H2,17,19)(H,18,20). The summed E-state index contributed by atoms with van der Waals surface area (Å²) in [6.45, 7) is 4.46. The van der Waals surface area contributed by atoms with Crippen LogP contribution in [0.2, 0.25) is 0 Å². The Labute approximate surface area is 119 Å². The fourth-order valence-corrected chi connectivity index (χ4v) is 1.84. The van der Waals surface area contributed by atoms with E-state index in [4.69, 9.17) is 11.5 Å². The van der Waals surface area contributed by atoms with Gasteiger partial charge in [-0.1, -0.05) is 32.4 Å². The van der Waals surface area contributed by atoms with Crippen LogP contribution in [0.4, 0.5) is 0 Å². The van der Waals surface area contributed by atoms with Gasteiger partial charge in [0.2, 0.25) is 11.8 Å². The topological polar surface area (TPSA) is 98.2 Å². The number of benzene rings is 1. The summed E-state index contributed by atoms with van der Waals surface area (Å²) in [4.78, 5) is 22.9. The molecular formula is C15H23N3O2. The lowest BCUT2D eigenvalue weighted by atomic mass is 9.99. The highest BCUT2D eigenvalue weighted by molar-refractivity contribution is 5.92. The van der Waals surface area contributed by atoms with Gasteiger partial charge in [0.1, 0.15) is 0 Å². The molecule has 1 aromatic rings. The second-order valence-electron chi connectivity index (χ2n) is 5.02. The van der Waals surface area contributed by atoms with Crippen LogP contribution in [0.5, 0.6) is 0 Å². The molecule has 0 heterocycles. The predicted octanol–water partition coefficient (Wildman–Crippen LogP) is 0.818. The van der Waals surface area contributed by atoms with Crippen LogP contribution in [0.1, 0.15) is 36.2 Å². The molecule has 0 saturated heterocycles. The first kappa shape index (κ1) is 16.2. The van der Waals surface area contributed by atoms with Crippen molar-refractivity contribution < 1.29 is 9.59 Å². The molecule has 5 heteroatoms. The molecular weight excluding hydrogens is 254 g/mol. The first-order chi connectivity index (χ1) is 9.45. The third-order valence-corrected chi connectivity index (χ3v) is 3.48. The van der Waals surface area contributed by atoms with E-state index in [0.29, 0.717) is 18.5 Å². The predicted molar refractivity (Wildman–Crippen MR) is 79.1 cm³/mol. The monoisotopic (exact) mass is 277 g/mol. The minimum absolute atomic E-state index is 0.134. The second-order valence-corrected chi connectivity index (χ2v) is 5.02. The number of rotatable bonds is 7. The zero-order valence-corrected chi connectivity index (χ0v) is 12.1. The lowest BCUT2D eigenvalue weighted by Gasteiger charge is -2.17. The zero-order valence-electron chi connectivity index (χ0n) is 12.1. The first-order valence-electron chi connectivity index (χ1n) is 6.87. The van der Waals surface area contributed by atoms with Gasteiger partial charge in [-0.2, -0.15) is 0 Å². The van der Waals surface area contributed by atoms with Crippen LogP contribution in [-0.2, 0) is 11.2 Å². The average molecular weight is 277 g/mol. The van der Waals surface area contributed by atoms with Gasteiger partial charge in [-0.3, -0.25) is 9.59 Å². The normalized spacial score (nSPS) is 13.6. The zero-order chi connectivity index (χ0) is 15.1. The Morgan fingerprint density at radius 1 is 1.35 bits per heavy atom. The Morgan fingerprint density at radius 2 is 2.05 bits per heavy atom. The molecule has 0 aliphatic carbocycles. The van der Waals surface area contributed by atoms with Gasteiger partial charge >= 0.3 is 0 Å². The van der Waals surface area contributed by atoms with Gasteiger partial charge in [0.05, 0.1) is 6.04 Å². The second kappa shape index (κ2) is 7.65. The van der Waals surface area contributed by atoms with E-state index >= 15 is 0 Å². The maximum atomic E-state index is 11.8. The van der Waals surface area contributed by atoms with E-state index in [2.05, 4.69) is 5.32 Å². The Balaban J connectivity index is 2.46. The molecule has 0 saturated carbocycles. The molecule has 2 unspecified atom stereocenters. The van der Waals surface area contributed by atoms with Gasteiger partial charge < -0.3 is 16.8 Å². The first-order valence-corrected chi connectivity index (χ1v) is 6.87. The molecule has 1 aromatic carbocycles. The van der Waals surface area contributed by atoms with Gasteiger partial charge in [0.15, 0.2) is 0 Å². The van der Waals surface area contributed by atoms with Crippen LogP contribution in [0.3, 0.4) is 0 Å². The minimum atomic E-state index is -0.475. The molecule has 0 bridgehead atoms. The fraction of sp³-hybridized carbons (Fsp3) is 0.467. The summed E-state index contributed by atoms with van der Waals surface area (Å²) in [7, 11) is 0. The van der Waals surface area contributed by atoms with Gasteiger partial charge in [-0.05, 0) is 30.0 Å². The maximum Gasteiger partial charge on any atom is 0.248 e. The molecule has 0 spiro atoms. The third kappa shape index (κ3) is 4.66. The van der Waals surface area contributed by atoms with E-state index in [1.807, 2.05) is 19.9 Å². The van der Waals surface area contributed by atoms with Crippen molar-refractivity contribution in [2.45, 2.75) is 32.7 Å². The summed E-state index contributed by atoms with van der Waals surface area (Å²) in [5.74, 6) is -0.423. The lowest BCUT2D eigenvalue weighted by Crippen LogP contribution is -2.45. The van der Waals surface area contributed by atoms with Crippen molar-refractivity contribution in [1.82, 2.24) is 5.32 Å². The summed E-state index contributed by atoms with van der Waals surface area (Å²) >= 11 is 0. The van der Waals surface area contributed by atoms with E-state index in [-0.39, 0.29) is 11.8 Å². The maximum absolute atomic E-state index is 11.8. The van der Waals surface area contributed by atoms with Crippen LogP contribution in [0.25, 0.3) is 0 Å². The van der Waals surface area contributed by atoms with Crippen molar-refractivity contribution in [3.63, 3.8) is 0 Å². The van der Waals surface area contributed by atoms with Crippen LogP contribution < -0.4 is 16.8 Å². The molecule has 0 aliphatic rings. The molecule has 2 amide bonds. The molecule has 1 rings (SSSR count). The molecule has 0 aliphatic heterocycles. The van der Waals surface area contributed by atoms with E-state index in [1.54, 1.807) is 18.2 Å². The smallest absolute Gasteiger partial charge is 0.248 e. The number of hydrogen-bond donors (Lipinski definition) is 3. The molecule has 2 atom stereocenters. The Kier molecular flexibility index (Phi) is 6.18. The van der Waals surface area contributed by atoms with Crippen molar-refractivity contribution in [3.05, 3.63) is 35.4 Å². The van der Waals surface area contributed by atoms with E-state index in [9.17, 15) is 9.59 Å². The number of primary amides is 1. The molecule has 110 valence electrons. The third-order valence-electron chi connectivity index (χ3n) is 3.48. The van der Waals surface area contributed by atoms with E-state index in [0.717, 1.165) is 12.0 Å². The highest BCUT2D eigenvalue weighted by atomic mass is 16.2. The number of nitrogens with one attached hydrogen (secondary N) is 1. The quantitative estimate of drug-likeness (QED) is 0.688. The van der Waals surface area contributed by atoms with Crippen molar-refractivity contribution in [2.75, 3.05) is 6.54 Å².